The van der Waals surface area contributed by atoms with Gasteiger partial charge in [-0.25, -0.2) is 4.79 Å². The molecule has 0 aromatic carbocycles. The van der Waals surface area contributed by atoms with E-state index >= 15 is 0 Å². The van der Waals surface area contributed by atoms with E-state index in [0.29, 0.717) is 6.54 Å². The van der Waals surface area contributed by atoms with Crippen LogP contribution in [0.5, 0.6) is 0 Å². The number of ether oxygens (including phenoxy) is 1. The van der Waals surface area contributed by atoms with E-state index in [2.05, 4.69) is 5.32 Å². The summed E-state index contributed by atoms with van der Waals surface area (Å²) in [5.41, 5.74) is 0. The number of carbonyl (C=O) groups excluding carboxylic acids is 1. The third-order valence-electron chi connectivity index (χ3n) is 2.10. The smallest absolute Gasteiger partial charge is 0.407 e. The van der Waals surface area contributed by atoms with Gasteiger partial charge in [0.25, 0.3) is 0 Å². The monoisotopic (exact) mass is 171 g/mol. The molecule has 0 aliphatic heterocycles. The van der Waals surface area contributed by atoms with Gasteiger partial charge in [-0.3, -0.25) is 0 Å². The number of amides is 1. The van der Waals surface area contributed by atoms with E-state index in [0.717, 1.165) is 19.3 Å². The molecule has 0 heterocycles. The van der Waals surface area contributed by atoms with Gasteiger partial charge in [-0.1, -0.05) is 6.92 Å². The standard InChI is InChI=1S/C9H17NO2/c1-2-7-10-9(11)12-8-5-3-4-6-8/h8H,2-7H2,1H3,(H,10,11). The summed E-state index contributed by atoms with van der Waals surface area (Å²) in [7, 11) is 0. The summed E-state index contributed by atoms with van der Waals surface area (Å²) in [6, 6.07) is 0. The van der Waals surface area contributed by atoms with Crippen molar-refractivity contribution in [3.63, 3.8) is 0 Å². The zero-order valence-corrected chi connectivity index (χ0v) is 7.64. The number of nitrogens with one attached hydrogen (secondary N) is 1. The third kappa shape index (κ3) is 3.11. The maximum absolute atomic E-state index is 11.0. The van der Waals surface area contributed by atoms with Gasteiger partial charge < -0.3 is 10.1 Å². The van der Waals surface area contributed by atoms with Gasteiger partial charge in [0.2, 0.25) is 0 Å². The molecule has 3 nitrogen and oxygen atoms in total. The Morgan fingerprint density at radius 3 is 2.75 bits per heavy atom. The molecule has 1 aliphatic rings. The van der Waals surface area contributed by atoms with E-state index in [-0.39, 0.29) is 12.2 Å². The fourth-order valence-electron chi connectivity index (χ4n) is 1.43. The van der Waals surface area contributed by atoms with Gasteiger partial charge in [0.15, 0.2) is 0 Å². The van der Waals surface area contributed by atoms with Gasteiger partial charge in [0.1, 0.15) is 6.10 Å². The zero-order chi connectivity index (χ0) is 8.81. The van der Waals surface area contributed by atoms with Gasteiger partial charge in [-0.2, -0.15) is 0 Å². The molecule has 0 saturated heterocycles. The van der Waals surface area contributed by atoms with Gasteiger partial charge in [-0.05, 0) is 32.1 Å². The second-order valence-corrected chi connectivity index (χ2v) is 3.24. The Morgan fingerprint density at radius 1 is 1.50 bits per heavy atom. The van der Waals surface area contributed by atoms with Crippen LogP contribution in [0.4, 0.5) is 4.79 Å². The molecule has 0 atom stereocenters. The lowest BCUT2D eigenvalue weighted by Gasteiger charge is -2.11. The molecule has 0 bridgehead atoms. The van der Waals surface area contributed by atoms with Crippen molar-refractivity contribution in [2.75, 3.05) is 6.54 Å². The predicted molar refractivity (Wildman–Crippen MR) is 47.0 cm³/mol. The zero-order valence-electron chi connectivity index (χ0n) is 7.64. The number of hydrogen-bond donors (Lipinski definition) is 1. The van der Waals surface area contributed by atoms with E-state index in [1.54, 1.807) is 0 Å². The average molecular weight is 171 g/mol. The topological polar surface area (TPSA) is 38.3 Å². The summed E-state index contributed by atoms with van der Waals surface area (Å²) in [5.74, 6) is 0. The molecule has 1 amide bonds. The summed E-state index contributed by atoms with van der Waals surface area (Å²) in [4.78, 5) is 11.0. The molecular weight excluding hydrogens is 154 g/mol. The van der Waals surface area contributed by atoms with Gasteiger partial charge in [0.05, 0.1) is 0 Å². The lowest BCUT2D eigenvalue weighted by atomic mass is 10.3. The van der Waals surface area contributed by atoms with Crippen LogP contribution in [0, 0.1) is 0 Å². The summed E-state index contributed by atoms with van der Waals surface area (Å²) in [6.07, 6.45) is 5.38. The number of carbonyl (C=O) groups is 1. The maximum atomic E-state index is 11.0. The first-order chi connectivity index (χ1) is 5.83. The minimum absolute atomic E-state index is 0.182. The lowest BCUT2D eigenvalue weighted by molar-refractivity contribution is 0.101. The predicted octanol–water partition coefficient (Wildman–Crippen LogP) is 2.07. The van der Waals surface area contributed by atoms with Gasteiger partial charge in [-0.15, -0.1) is 0 Å². The number of hydrogen-bond acceptors (Lipinski definition) is 2. The highest BCUT2D eigenvalue weighted by atomic mass is 16.6. The Labute approximate surface area is 73.5 Å². The highest BCUT2D eigenvalue weighted by molar-refractivity contribution is 5.67. The maximum Gasteiger partial charge on any atom is 0.407 e. The Balaban J connectivity index is 2.08. The van der Waals surface area contributed by atoms with Crippen LogP contribution in [0.25, 0.3) is 0 Å². The molecule has 1 saturated carbocycles. The molecular formula is C9H17NO2. The second-order valence-electron chi connectivity index (χ2n) is 3.24. The molecule has 0 radical (unpaired) electrons. The quantitative estimate of drug-likeness (QED) is 0.706. The van der Waals surface area contributed by atoms with E-state index in [9.17, 15) is 4.79 Å². The van der Waals surface area contributed by atoms with Crippen LogP contribution in [0.2, 0.25) is 0 Å². The Bertz CT molecular complexity index is 141. The van der Waals surface area contributed by atoms with Crippen molar-refractivity contribution in [3.05, 3.63) is 0 Å². The molecule has 1 fully saturated rings. The SMILES string of the molecule is CCCNC(=O)OC1CCCC1. The van der Waals surface area contributed by atoms with E-state index in [1.165, 1.54) is 12.8 Å². The Kier molecular flexibility index (Phi) is 3.91. The van der Waals surface area contributed by atoms with Gasteiger partial charge in [0, 0.05) is 6.54 Å². The normalized spacial score (nSPS) is 17.8. The number of rotatable bonds is 3. The Morgan fingerprint density at radius 2 is 2.17 bits per heavy atom. The molecule has 1 aliphatic carbocycles. The van der Waals surface area contributed by atoms with E-state index < -0.39 is 0 Å². The first-order valence-corrected chi connectivity index (χ1v) is 4.77. The summed E-state index contributed by atoms with van der Waals surface area (Å²) in [5, 5.41) is 2.70. The average Bonchev–Trinajstić information content (AvgIpc) is 2.53. The first kappa shape index (κ1) is 9.36. The van der Waals surface area contributed by atoms with Crippen LogP contribution in [-0.2, 0) is 4.74 Å². The van der Waals surface area contributed by atoms with E-state index in [4.69, 9.17) is 4.74 Å². The fourth-order valence-corrected chi connectivity index (χ4v) is 1.43. The van der Waals surface area contributed by atoms with Crippen LogP contribution < -0.4 is 5.32 Å². The first-order valence-electron chi connectivity index (χ1n) is 4.77. The van der Waals surface area contributed by atoms with Crippen molar-refractivity contribution >= 4 is 6.09 Å². The van der Waals surface area contributed by atoms with Crippen molar-refractivity contribution in [1.82, 2.24) is 5.32 Å². The molecule has 3 heteroatoms. The van der Waals surface area contributed by atoms with E-state index in [1.807, 2.05) is 6.92 Å². The molecule has 0 spiro atoms. The molecule has 12 heavy (non-hydrogen) atoms. The summed E-state index contributed by atoms with van der Waals surface area (Å²) < 4.78 is 5.16. The minimum Gasteiger partial charge on any atom is -0.446 e. The highest BCUT2D eigenvalue weighted by Crippen LogP contribution is 2.20. The van der Waals surface area contributed by atoms with Crippen LogP contribution >= 0.6 is 0 Å². The lowest BCUT2D eigenvalue weighted by Crippen LogP contribution is -2.28. The Hall–Kier alpha value is -0.730. The second kappa shape index (κ2) is 5.01. The third-order valence-corrected chi connectivity index (χ3v) is 2.10. The molecule has 0 aromatic rings. The molecule has 1 rings (SSSR count). The summed E-state index contributed by atoms with van der Waals surface area (Å²) in [6.45, 7) is 2.74. The van der Waals surface area contributed by atoms with Crippen molar-refractivity contribution < 1.29 is 9.53 Å². The number of alkyl carbamates (subject to hydrolysis) is 1. The van der Waals surface area contributed by atoms with Crippen LogP contribution in [0.3, 0.4) is 0 Å². The molecule has 70 valence electrons. The highest BCUT2D eigenvalue weighted by Gasteiger charge is 2.18. The van der Waals surface area contributed by atoms with Crippen LogP contribution in [-0.4, -0.2) is 18.7 Å². The largest absolute Gasteiger partial charge is 0.446 e. The van der Waals surface area contributed by atoms with Crippen molar-refractivity contribution in [1.29, 1.82) is 0 Å². The molecule has 1 N–H and O–H groups in total. The van der Waals surface area contributed by atoms with Crippen molar-refractivity contribution in [2.24, 2.45) is 0 Å². The fraction of sp³-hybridized carbons (Fsp3) is 0.889. The van der Waals surface area contributed by atoms with Crippen molar-refractivity contribution in [3.8, 4) is 0 Å². The van der Waals surface area contributed by atoms with Crippen LogP contribution in [0.15, 0.2) is 0 Å². The molecule has 0 unspecified atom stereocenters. The molecule has 0 aromatic heterocycles. The van der Waals surface area contributed by atoms with Crippen molar-refractivity contribution in [2.45, 2.75) is 45.1 Å². The minimum atomic E-state index is -0.247. The van der Waals surface area contributed by atoms with Gasteiger partial charge >= 0.3 is 6.09 Å². The van der Waals surface area contributed by atoms with Crippen LogP contribution in [0.1, 0.15) is 39.0 Å². The summed E-state index contributed by atoms with van der Waals surface area (Å²) >= 11 is 0.